The molecule has 0 aromatic heterocycles. The van der Waals surface area contributed by atoms with Crippen molar-refractivity contribution < 1.29 is 14.3 Å². The molecule has 0 saturated carbocycles. The molecule has 2 unspecified atom stereocenters. The van der Waals surface area contributed by atoms with Crippen LogP contribution in [0.5, 0.6) is 5.75 Å². The van der Waals surface area contributed by atoms with Gasteiger partial charge in [-0.2, -0.15) is 0 Å². The fourth-order valence-corrected chi connectivity index (χ4v) is 3.48. The molecule has 0 radical (unpaired) electrons. The summed E-state index contributed by atoms with van der Waals surface area (Å²) in [4.78, 5) is 12.1. The van der Waals surface area contributed by atoms with E-state index in [-0.39, 0.29) is 24.4 Å². The number of carbonyl (C=O) groups is 1. The second-order valence-corrected chi connectivity index (χ2v) is 7.23. The van der Waals surface area contributed by atoms with Crippen LogP contribution in [0.3, 0.4) is 0 Å². The first-order chi connectivity index (χ1) is 12.2. The smallest absolute Gasteiger partial charge is 0.220 e. The number of carbonyl (C=O) groups excluding carboxylic acids is 1. The van der Waals surface area contributed by atoms with Crippen molar-refractivity contribution in [1.29, 1.82) is 0 Å². The van der Waals surface area contributed by atoms with E-state index in [9.17, 15) is 4.79 Å². The van der Waals surface area contributed by atoms with Gasteiger partial charge in [0.05, 0.1) is 6.10 Å². The van der Waals surface area contributed by atoms with Gasteiger partial charge < -0.3 is 20.1 Å². The number of rotatable bonds is 8. The topological polar surface area (TPSA) is 59.6 Å². The van der Waals surface area contributed by atoms with Gasteiger partial charge >= 0.3 is 0 Å². The normalized spacial score (nSPS) is 22.0. The van der Waals surface area contributed by atoms with Crippen LogP contribution in [0.4, 0.5) is 0 Å². The number of ether oxygens (including phenoxy) is 2. The van der Waals surface area contributed by atoms with E-state index in [0.29, 0.717) is 25.5 Å². The standard InChI is InChI=1S/C20H30N2O3.ClH/c1-15-4-6-17(19(11-15)25-14-18-3-2-10-24-18)13-22-20(23)7-5-16-8-9-21-12-16;/h4,6,11,16,18,21H,2-3,5,7-10,12-14H2,1H3,(H,22,23);1H. The summed E-state index contributed by atoms with van der Waals surface area (Å²) >= 11 is 0. The number of halogens is 1. The zero-order valence-corrected chi connectivity index (χ0v) is 16.4. The molecule has 146 valence electrons. The third-order valence-corrected chi connectivity index (χ3v) is 5.09. The van der Waals surface area contributed by atoms with Crippen molar-refractivity contribution in [3.63, 3.8) is 0 Å². The number of amides is 1. The largest absolute Gasteiger partial charge is 0.491 e. The lowest BCUT2D eigenvalue weighted by Gasteiger charge is -2.16. The fraction of sp³-hybridized carbons (Fsp3) is 0.650. The minimum absolute atomic E-state index is 0. The van der Waals surface area contributed by atoms with E-state index < -0.39 is 0 Å². The van der Waals surface area contributed by atoms with Crippen molar-refractivity contribution in [2.24, 2.45) is 5.92 Å². The Bertz CT molecular complexity index is 570. The number of benzene rings is 1. The van der Waals surface area contributed by atoms with Crippen molar-refractivity contribution in [2.75, 3.05) is 26.3 Å². The first-order valence-corrected chi connectivity index (χ1v) is 9.52. The van der Waals surface area contributed by atoms with Crippen molar-refractivity contribution >= 4 is 18.3 Å². The maximum Gasteiger partial charge on any atom is 0.220 e. The van der Waals surface area contributed by atoms with Crippen LogP contribution in [0.2, 0.25) is 0 Å². The van der Waals surface area contributed by atoms with Crippen LogP contribution in [0.1, 0.15) is 43.2 Å². The van der Waals surface area contributed by atoms with E-state index in [0.717, 1.165) is 55.8 Å². The predicted molar refractivity (Wildman–Crippen MR) is 105 cm³/mol. The number of hydrogen-bond acceptors (Lipinski definition) is 4. The molecule has 1 aromatic carbocycles. The van der Waals surface area contributed by atoms with Crippen LogP contribution in [0.15, 0.2) is 18.2 Å². The van der Waals surface area contributed by atoms with Crippen LogP contribution in [0.25, 0.3) is 0 Å². The molecule has 2 atom stereocenters. The summed E-state index contributed by atoms with van der Waals surface area (Å²) in [5, 5.41) is 6.39. The summed E-state index contributed by atoms with van der Waals surface area (Å²) in [5.74, 6) is 1.63. The summed E-state index contributed by atoms with van der Waals surface area (Å²) in [5.41, 5.74) is 2.19. The molecular formula is C20H31ClN2O3. The molecule has 2 aliphatic heterocycles. The van der Waals surface area contributed by atoms with Crippen LogP contribution in [-0.2, 0) is 16.1 Å². The monoisotopic (exact) mass is 382 g/mol. The summed E-state index contributed by atoms with van der Waals surface area (Å²) in [6.45, 7) is 6.12. The summed E-state index contributed by atoms with van der Waals surface area (Å²) in [7, 11) is 0. The van der Waals surface area contributed by atoms with Crippen LogP contribution in [0, 0.1) is 12.8 Å². The minimum atomic E-state index is 0. The molecule has 2 fully saturated rings. The van der Waals surface area contributed by atoms with Crippen LogP contribution in [-0.4, -0.2) is 38.3 Å². The Morgan fingerprint density at radius 1 is 1.38 bits per heavy atom. The van der Waals surface area contributed by atoms with Gasteiger partial charge in [-0.1, -0.05) is 12.1 Å². The molecule has 6 heteroatoms. The molecular weight excluding hydrogens is 352 g/mol. The van der Waals surface area contributed by atoms with Crippen molar-refractivity contribution in [1.82, 2.24) is 10.6 Å². The molecule has 26 heavy (non-hydrogen) atoms. The second kappa shape index (κ2) is 10.8. The van der Waals surface area contributed by atoms with Crippen LogP contribution < -0.4 is 15.4 Å². The first-order valence-electron chi connectivity index (χ1n) is 9.52. The van der Waals surface area contributed by atoms with Gasteiger partial charge in [-0.15, -0.1) is 12.4 Å². The maximum atomic E-state index is 12.1. The van der Waals surface area contributed by atoms with Crippen molar-refractivity contribution in [2.45, 2.75) is 51.7 Å². The van der Waals surface area contributed by atoms with Gasteiger partial charge in [0, 0.05) is 25.1 Å². The van der Waals surface area contributed by atoms with Gasteiger partial charge in [0.1, 0.15) is 12.4 Å². The highest BCUT2D eigenvalue weighted by molar-refractivity contribution is 5.85. The number of aryl methyl sites for hydroxylation is 1. The van der Waals surface area contributed by atoms with Gasteiger partial charge in [0.15, 0.2) is 0 Å². The summed E-state index contributed by atoms with van der Waals surface area (Å²) in [6.07, 6.45) is 5.13. The van der Waals surface area contributed by atoms with E-state index in [4.69, 9.17) is 9.47 Å². The molecule has 2 N–H and O–H groups in total. The highest BCUT2D eigenvalue weighted by atomic mass is 35.5. The Morgan fingerprint density at radius 2 is 2.27 bits per heavy atom. The Morgan fingerprint density at radius 3 is 3.00 bits per heavy atom. The molecule has 5 nitrogen and oxygen atoms in total. The molecule has 0 bridgehead atoms. The molecule has 2 heterocycles. The number of hydrogen-bond donors (Lipinski definition) is 2. The molecule has 0 spiro atoms. The van der Waals surface area contributed by atoms with Gasteiger partial charge in [0.25, 0.3) is 0 Å². The Labute approximate surface area is 162 Å². The predicted octanol–water partition coefficient (Wildman–Crippen LogP) is 2.98. The van der Waals surface area contributed by atoms with E-state index in [2.05, 4.69) is 23.6 Å². The second-order valence-electron chi connectivity index (χ2n) is 7.23. The van der Waals surface area contributed by atoms with Gasteiger partial charge in [0.2, 0.25) is 5.91 Å². The van der Waals surface area contributed by atoms with E-state index >= 15 is 0 Å². The first kappa shape index (κ1) is 21.0. The lowest BCUT2D eigenvalue weighted by Crippen LogP contribution is -2.24. The Balaban J connectivity index is 0.00000243. The maximum absolute atomic E-state index is 12.1. The zero-order valence-electron chi connectivity index (χ0n) is 15.6. The molecule has 2 aliphatic rings. The van der Waals surface area contributed by atoms with Crippen LogP contribution >= 0.6 is 12.4 Å². The molecule has 1 amide bonds. The highest BCUT2D eigenvalue weighted by Gasteiger charge is 2.18. The van der Waals surface area contributed by atoms with Gasteiger partial charge in [-0.3, -0.25) is 4.79 Å². The van der Waals surface area contributed by atoms with Gasteiger partial charge in [-0.25, -0.2) is 0 Å². The third-order valence-electron chi connectivity index (χ3n) is 5.09. The van der Waals surface area contributed by atoms with Crippen molar-refractivity contribution in [3.05, 3.63) is 29.3 Å². The molecule has 2 saturated heterocycles. The average Bonchev–Trinajstić information content (AvgIpc) is 3.30. The SMILES string of the molecule is Cc1ccc(CNC(=O)CCC2CCNC2)c(OCC2CCCO2)c1.Cl. The van der Waals surface area contributed by atoms with E-state index in [1.54, 1.807) is 0 Å². The third kappa shape index (κ3) is 6.45. The molecule has 3 rings (SSSR count). The zero-order chi connectivity index (χ0) is 17.5. The minimum Gasteiger partial charge on any atom is -0.491 e. The average molecular weight is 383 g/mol. The van der Waals surface area contributed by atoms with E-state index in [1.165, 1.54) is 6.42 Å². The lowest BCUT2D eigenvalue weighted by molar-refractivity contribution is -0.121. The van der Waals surface area contributed by atoms with E-state index in [1.807, 2.05) is 12.1 Å². The fourth-order valence-electron chi connectivity index (χ4n) is 3.48. The Hall–Kier alpha value is -1.30. The lowest BCUT2D eigenvalue weighted by atomic mass is 10.0. The van der Waals surface area contributed by atoms with Gasteiger partial charge in [-0.05, 0) is 63.2 Å². The summed E-state index contributed by atoms with van der Waals surface area (Å²) in [6, 6.07) is 6.15. The Kier molecular flexibility index (Phi) is 8.69. The van der Waals surface area contributed by atoms with Crippen molar-refractivity contribution in [3.8, 4) is 5.75 Å². The number of nitrogens with one attached hydrogen (secondary N) is 2. The molecule has 1 aromatic rings. The highest BCUT2D eigenvalue weighted by Crippen LogP contribution is 2.22. The quantitative estimate of drug-likeness (QED) is 0.725. The summed E-state index contributed by atoms with van der Waals surface area (Å²) < 4.78 is 11.6. The molecule has 0 aliphatic carbocycles.